The molecule has 0 bridgehead atoms. The number of aromatic nitrogens is 3. The van der Waals surface area contributed by atoms with Crippen molar-refractivity contribution in [2.45, 2.75) is 0 Å². The summed E-state index contributed by atoms with van der Waals surface area (Å²) in [5, 5.41) is 9.49. The second-order valence-electron chi connectivity index (χ2n) is 13.2. The van der Waals surface area contributed by atoms with Gasteiger partial charge in [0.15, 0.2) is 17.5 Å². The van der Waals surface area contributed by atoms with Crippen molar-refractivity contribution in [1.29, 1.82) is 0 Å². The van der Waals surface area contributed by atoms with E-state index in [-0.39, 0.29) is 0 Å². The standard InChI is InChI=1S/C47H27N3OS/c1-2-10-30(11-3-1)45-48-46(32-20-19-29-18-17-28-9-4-5-12-34(28)40(29)25-32)50-47(49-45)33-22-24-37-36-23-21-31(26-41(36)51-42(37)27-33)35-14-8-15-39-38-13-6-7-16-43(38)52-44(35)39/h1-27H. The first-order valence-electron chi connectivity index (χ1n) is 17.3. The first kappa shape index (κ1) is 29.1. The van der Waals surface area contributed by atoms with E-state index in [2.05, 4.69) is 133 Å². The normalized spacial score (nSPS) is 11.8. The van der Waals surface area contributed by atoms with E-state index in [9.17, 15) is 0 Å². The van der Waals surface area contributed by atoms with Gasteiger partial charge in [-0.1, -0.05) is 127 Å². The lowest BCUT2D eigenvalue weighted by Gasteiger charge is -2.10. The maximum absolute atomic E-state index is 6.60. The number of thiophene rings is 1. The Morgan fingerprint density at radius 2 is 0.942 bits per heavy atom. The Morgan fingerprint density at radius 3 is 1.75 bits per heavy atom. The molecule has 0 fully saturated rings. The topological polar surface area (TPSA) is 51.8 Å². The number of hydrogen-bond acceptors (Lipinski definition) is 5. The van der Waals surface area contributed by atoms with Crippen LogP contribution in [0.3, 0.4) is 0 Å². The van der Waals surface area contributed by atoms with Crippen LogP contribution >= 0.6 is 11.3 Å². The average Bonchev–Trinajstić information content (AvgIpc) is 3.78. The summed E-state index contributed by atoms with van der Waals surface area (Å²) >= 11 is 1.84. The molecule has 0 N–H and O–H groups in total. The lowest BCUT2D eigenvalue weighted by molar-refractivity contribution is 0.669. The van der Waals surface area contributed by atoms with E-state index >= 15 is 0 Å². The highest BCUT2D eigenvalue weighted by atomic mass is 32.1. The van der Waals surface area contributed by atoms with Crippen molar-refractivity contribution in [2.24, 2.45) is 0 Å². The molecule has 0 spiro atoms. The van der Waals surface area contributed by atoms with Gasteiger partial charge in [0.1, 0.15) is 11.2 Å². The molecule has 3 aromatic heterocycles. The second kappa shape index (κ2) is 11.4. The quantitative estimate of drug-likeness (QED) is 0.174. The Morgan fingerprint density at radius 1 is 0.365 bits per heavy atom. The second-order valence-corrected chi connectivity index (χ2v) is 14.3. The molecule has 5 heteroatoms. The smallest absolute Gasteiger partial charge is 0.164 e. The summed E-state index contributed by atoms with van der Waals surface area (Å²) in [7, 11) is 0. The minimum Gasteiger partial charge on any atom is -0.456 e. The summed E-state index contributed by atoms with van der Waals surface area (Å²) < 4.78 is 9.19. The molecule has 0 saturated heterocycles. The molecule has 11 aromatic rings. The Bertz CT molecular complexity index is 3200. The van der Waals surface area contributed by atoms with Gasteiger partial charge in [0.25, 0.3) is 0 Å². The molecule has 0 aliphatic carbocycles. The van der Waals surface area contributed by atoms with E-state index in [4.69, 9.17) is 19.4 Å². The van der Waals surface area contributed by atoms with Crippen molar-refractivity contribution in [3.63, 3.8) is 0 Å². The lowest BCUT2D eigenvalue weighted by atomic mass is 10.00. The zero-order chi connectivity index (χ0) is 34.2. The molecule has 0 aliphatic heterocycles. The van der Waals surface area contributed by atoms with Crippen LogP contribution in [0.4, 0.5) is 0 Å². The molecular weight excluding hydrogens is 655 g/mol. The van der Waals surface area contributed by atoms with Crippen LogP contribution < -0.4 is 0 Å². The van der Waals surface area contributed by atoms with Crippen molar-refractivity contribution < 1.29 is 4.42 Å². The third kappa shape index (κ3) is 4.64. The van der Waals surface area contributed by atoms with Crippen molar-refractivity contribution in [3.8, 4) is 45.3 Å². The fourth-order valence-electron chi connectivity index (χ4n) is 7.55. The fourth-order valence-corrected chi connectivity index (χ4v) is 8.79. The zero-order valence-corrected chi connectivity index (χ0v) is 28.6. The number of fused-ring (bicyclic) bond motifs is 9. The van der Waals surface area contributed by atoms with Crippen molar-refractivity contribution in [2.75, 3.05) is 0 Å². The van der Waals surface area contributed by atoms with Crippen LogP contribution in [0.5, 0.6) is 0 Å². The maximum atomic E-state index is 6.60. The molecule has 0 amide bonds. The van der Waals surface area contributed by atoms with Crippen LogP contribution in [0.2, 0.25) is 0 Å². The van der Waals surface area contributed by atoms with Gasteiger partial charge in [-0.15, -0.1) is 11.3 Å². The third-order valence-electron chi connectivity index (χ3n) is 10.1. The van der Waals surface area contributed by atoms with Crippen LogP contribution in [0, 0.1) is 0 Å². The Labute approximate surface area is 302 Å². The van der Waals surface area contributed by atoms with Gasteiger partial charge in [0.05, 0.1) is 0 Å². The highest BCUT2D eigenvalue weighted by Gasteiger charge is 2.17. The molecule has 8 aromatic carbocycles. The summed E-state index contributed by atoms with van der Waals surface area (Å²) in [5.41, 5.74) is 6.75. The highest BCUT2D eigenvalue weighted by Crippen LogP contribution is 2.41. The van der Waals surface area contributed by atoms with Gasteiger partial charge >= 0.3 is 0 Å². The molecule has 242 valence electrons. The predicted molar refractivity (Wildman–Crippen MR) is 217 cm³/mol. The van der Waals surface area contributed by atoms with Gasteiger partial charge in [-0.3, -0.25) is 0 Å². The molecule has 0 aliphatic rings. The van der Waals surface area contributed by atoms with E-state index < -0.39 is 0 Å². The third-order valence-corrected chi connectivity index (χ3v) is 11.3. The minimum absolute atomic E-state index is 0.598. The van der Waals surface area contributed by atoms with Gasteiger partial charge in [-0.05, 0) is 69.1 Å². The van der Waals surface area contributed by atoms with Crippen molar-refractivity contribution >= 4 is 75.0 Å². The van der Waals surface area contributed by atoms with Gasteiger partial charge < -0.3 is 4.42 Å². The summed E-state index contributed by atoms with van der Waals surface area (Å²) in [6.07, 6.45) is 0. The summed E-state index contributed by atoms with van der Waals surface area (Å²) in [5.74, 6) is 1.85. The first-order chi connectivity index (χ1) is 25.7. The average molecular weight is 682 g/mol. The van der Waals surface area contributed by atoms with Crippen molar-refractivity contribution in [1.82, 2.24) is 15.0 Å². The lowest BCUT2D eigenvalue weighted by Crippen LogP contribution is -2.00. The number of nitrogens with zero attached hydrogens (tertiary/aromatic N) is 3. The summed E-state index contributed by atoms with van der Waals surface area (Å²) in [4.78, 5) is 15.1. The van der Waals surface area contributed by atoms with Gasteiger partial charge in [-0.2, -0.15) is 0 Å². The molecule has 4 nitrogen and oxygen atoms in total. The van der Waals surface area contributed by atoms with E-state index in [0.717, 1.165) is 44.2 Å². The van der Waals surface area contributed by atoms with Crippen molar-refractivity contribution in [3.05, 3.63) is 164 Å². The first-order valence-corrected chi connectivity index (χ1v) is 18.2. The SMILES string of the molecule is c1ccc(-c2nc(-c3ccc4c(c3)oc3cc(-c5cccc6c5sc5ccccc56)ccc34)nc(-c3ccc4ccc5ccccc5c4c3)n2)cc1. The Balaban J connectivity index is 1.05. The molecule has 0 atom stereocenters. The van der Waals surface area contributed by atoms with E-state index in [1.54, 1.807) is 0 Å². The molecule has 0 saturated carbocycles. The molecule has 0 unspecified atom stereocenters. The maximum Gasteiger partial charge on any atom is 0.164 e. The fraction of sp³-hybridized carbons (Fsp3) is 0. The van der Waals surface area contributed by atoms with Crippen LogP contribution in [0.1, 0.15) is 0 Å². The van der Waals surface area contributed by atoms with Crippen LogP contribution in [-0.2, 0) is 0 Å². The predicted octanol–water partition coefficient (Wildman–Crippen LogP) is 13.1. The largest absolute Gasteiger partial charge is 0.456 e. The number of rotatable bonds is 4. The van der Waals surface area contributed by atoms with Crippen LogP contribution in [-0.4, -0.2) is 15.0 Å². The number of furan rings is 1. The molecule has 11 rings (SSSR count). The number of benzene rings is 8. The van der Waals surface area contributed by atoms with E-state index in [0.29, 0.717) is 17.5 Å². The monoisotopic (exact) mass is 681 g/mol. The van der Waals surface area contributed by atoms with E-state index in [1.807, 2.05) is 41.7 Å². The Kier molecular flexibility index (Phi) is 6.39. The molecule has 52 heavy (non-hydrogen) atoms. The van der Waals surface area contributed by atoms with E-state index in [1.165, 1.54) is 47.3 Å². The molecular formula is C47H27N3OS. The number of hydrogen-bond donors (Lipinski definition) is 0. The Hall–Kier alpha value is -6.69. The van der Waals surface area contributed by atoms with Crippen LogP contribution in [0.25, 0.3) is 109 Å². The minimum atomic E-state index is 0.598. The molecule has 0 radical (unpaired) electrons. The summed E-state index contributed by atoms with van der Waals surface area (Å²) in [6, 6.07) is 57.4. The highest BCUT2D eigenvalue weighted by molar-refractivity contribution is 7.26. The van der Waals surface area contributed by atoms with Gasteiger partial charge in [0, 0.05) is 47.6 Å². The zero-order valence-electron chi connectivity index (χ0n) is 27.7. The van der Waals surface area contributed by atoms with Gasteiger partial charge in [-0.25, -0.2) is 15.0 Å². The van der Waals surface area contributed by atoms with Crippen LogP contribution in [0.15, 0.2) is 168 Å². The van der Waals surface area contributed by atoms with Gasteiger partial charge in [0.2, 0.25) is 0 Å². The molecule has 3 heterocycles. The summed E-state index contributed by atoms with van der Waals surface area (Å²) in [6.45, 7) is 0.